The molecule has 1 fully saturated rings. The number of benzene rings is 1. The van der Waals surface area contributed by atoms with Gasteiger partial charge in [0.2, 0.25) is 0 Å². The first-order valence-corrected chi connectivity index (χ1v) is 8.27. The number of fused-ring (bicyclic) bond motifs is 2. The standard InChI is InChI=1S/C19H24N2O/c1-20-10-8-19(9-11-20)15-21(14-17-6-4-12-22-17)13-16-5-2-3-7-18(16)19/h2-7,12H,8-11,13-15H2,1H3. The average Bonchev–Trinajstić information content (AvgIpc) is 3.03. The Morgan fingerprint density at radius 3 is 2.68 bits per heavy atom. The first kappa shape index (κ1) is 14.0. The fourth-order valence-electron chi connectivity index (χ4n) is 4.19. The Morgan fingerprint density at radius 2 is 1.91 bits per heavy atom. The summed E-state index contributed by atoms with van der Waals surface area (Å²) in [6.07, 6.45) is 4.29. The lowest BCUT2D eigenvalue weighted by Crippen LogP contribution is -2.51. The Bertz CT molecular complexity index is 627. The molecule has 2 aliphatic heterocycles. The van der Waals surface area contributed by atoms with Crippen molar-refractivity contribution in [2.24, 2.45) is 0 Å². The van der Waals surface area contributed by atoms with Crippen molar-refractivity contribution in [2.75, 3.05) is 26.7 Å². The summed E-state index contributed by atoms with van der Waals surface area (Å²) in [5.41, 5.74) is 3.43. The summed E-state index contributed by atoms with van der Waals surface area (Å²) in [6.45, 7) is 5.50. The maximum Gasteiger partial charge on any atom is 0.117 e. The fourth-order valence-corrected chi connectivity index (χ4v) is 4.19. The van der Waals surface area contributed by atoms with Crippen LogP contribution in [0.2, 0.25) is 0 Å². The smallest absolute Gasteiger partial charge is 0.117 e. The lowest BCUT2D eigenvalue weighted by Gasteiger charge is -2.48. The Hall–Kier alpha value is -1.58. The van der Waals surface area contributed by atoms with Gasteiger partial charge in [0.25, 0.3) is 0 Å². The van der Waals surface area contributed by atoms with Crippen LogP contribution in [0, 0.1) is 0 Å². The Morgan fingerprint density at radius 1 is 1.09 bits per heavy atom. The zero-order valence-corrected chi connectivity index (χ0v) is 13.3. The molecule has 3 heterocycles. The van der Waals surface area contributed by atoms with Crippen molar-refractivity contribution in [1.82, 2.24) is 9.80 Å². The maximum absolute atomic E-state index is 5.57. The van der Waals surface area contributed by atoms with Gasteiger partial charge in [-0.15, -0.1) is 0 Å². The molecule has 0 amide bonds. The van der Waals surface area contributed by atoms with Crippen molar-refractivity contribution in [2.45, 2.75) is 31.3 Å². The van der Waals surface area contributed by atoms with Crippen LogP contribution >= 0.6 is 0 Å². The molecule has 1 aromatic carbocycles. The van der Waals surface area contributed by atoms with E-state index < -0.39 is 0 Å². The van der Waals surface area contributed by atoms with Crippen molar-refractivity contribution in [3.63, 3.8) is 0 Å². The predicted molar refractivity (Wildman–Crippen MR) is 87.7 cm³/mol. The van der Waals surface area contributed by atoms with Crippen LogP contribution in [0.15, 0.2) is 47.1 Å². The molecule has 0 aliphatic carbocycles. The van der Waals surface area contributed by atoms with E-state index in [-0.39, 0.29) is 0 Å². The third-order valence-corrected chi connectivity index (χ3v) is 5.41. The molecule has 4 rings (SSSR count). The highest BCUT2D eigenvalue weighted by molar-refractivity contribution is 5.37. The predicted octanol–water partition coefficient (Wildman–Crippen LogP) is 3.26. The van der Waals surface area contributed by atoms with E-state index in [4.69, 9.17) is 4.42 Å². The van der Waals surface area contributed by atoms with Crippen molar-refractivity contribution >= 4 is 0 Å². The molecule has 0 N–H and O–H groups in total. The van der Waals surface area contributed by atoms with E-state index in [2.05, 4.69) is 47.2 Å². The summed E-state index contributed by atoms with van der Waals surface area (Å²) in [7, 11) is 2.24. The average molecular weight is 296 g/mol. The highest BCUT2D eigenvalue weighted by Crippen LogP contribution is 2.41. The summed E-state index contributed by atoms with van der Waals surface area (Å²) in [5, 5.41) is 0. The number of likely N-dealkylation sites (tertiary alicyclic amines) is 1. The lowest BCUT2D eigenvalue weighted by molar-refractivity contribution is 0.101. The molecule has 3 heteroatoms. The van der Waals surface area contributed by atoms with Gasteiger partial charge in [0.1, 0.15) is 5.76 Å². The molecular weight excluding hydrogens is 272 g/mol. The molecule has 0 bridgehead atoms. The van der Waals surface area contributed by atoms with E-state index in [0.29, 0.717) is 5.41 Å². The molecule has 116 valence electrons. The summed E-state index contributed by atoms with van der Waals surface area (Å²) in [6, 6.07) is 13.1. The minimum absolute atomic E-state index is 0.327. The molecule has 2 aromatic rings. The molecule has 0 radical (unpaired) electrons. The van der Waals surface area contributed by atoms with Gasteiger partial charge in [-0.25, -0.2) is 0 Å². The largest absolute Gasteiger partial charge is 0.468 e. The van der Waals surface area contributed by atoms with Crippen LogP contribution in [0.1, 0.15) is 29.7 Å². The van der Waals surface area contributed by atoms with Crippen LogP contribution in [-0.2, 0) is 18.5 Å². The van der Waals surface area contributed by atoms with Gasteiger partial charge in [-0.1, -0.05) is 24.3 Å². The second-order valence-electron chi connectivity index (χ2n) is 6.97. The number of rotatable bonds is 2. The van der Waals surface area contributed by atoms with E-state index in [1.807, 2.05) is 6.07 Å². The summed E-state index contributed by atoms with van der Waals surface area (Å²) in [4.78, 5) is 5.02. The molecule has 3 nitrogen and oxygen atoms in total. The van der Waals surface area contributed by atoms with Gasteiger partial charge < -0.3 is 9.32 Å². The van der Waals surface area contributed by atoms with E-state index in [9.17, 15) is 0 Å². The number of furan rings is 1. The van der Waals surface area contributed by atoms with E-state index in [1.54, 1.807) is 11.8 Å². The SMILES string of the molecule is CN1CCC2(CC1)CN(Cc1ccco1)Cc1ccccc12. The van der Waals surface area contributed by atoms with Crippen LogP contribution in [0.3, 0.4) is 0 Å². The molecule has 22 heavy (non-hydrogen) atoms. The summed E-state index contributed by atoms with van der Waals surface area (Å²) in [5.74, 6) is 1.07. The molecule has 0 unspecified atom stereocenters. The van der Waals surface area contributed by atoms with Gasteiger partial charge in [-0.2, -0.15) is 0 Å². The van der Waals surface area contributed by atoms with Gasteiger partial charge in [0.15, 0.2) is 0 Å². The quantitative estimate of drug-likeness (QED) is 0.848. The minimum Gasteiger partial charge on any atom is -0.468 e. The fraction of sp³-hybridized carbons (Fsp3) is 0.474. The van der Waals surface area contributed by atoms with Gasteiger partial charge in [0.05, 0.1) is 12.8 Å². The van der Waals surface area contributed by atoms with Gasteiger partial charge in [0, 0.05) is 18.5 Å². The second-order valence-corrected chi connectivity index (χ2v) is 6.97. The van der Waals surface area contributed by atoms with Crippen LogP contribution < -0.4 is 0 Å². The normalized spacial score (nSPS) is 21.9. The van der Waals surface area contributed by atoms with Gasteiger partial charge >= 0.3 is 0 Å². The van der Waals surface area contributed by atoms with Gasteiger partial charge in [-0.05, 0) is 56.2 Å². The highest BCUT2D eigenvalue weighted by Gasteiger charge is 2.41. The third kappa shape index (κ3) is 2.49. The van der Waals surface area contributed by atoms with Crippen molar-refractivity contribution in [3.8, 4) is 0 Å². The van der Waals surface area contributed by atoms with E-state index >= 15 is 0 Å². The number of hydrogen-bond donors (Lipinski definition) is 0. The van der Waals surface area contributed by atoms with Crippen LogP contribution in [-0.4, -0.2) is 36.5 Å². The Kier molecular flexibility index (Phi) is 3.55. The summed E-state index contributed by atoms with van der Waals surface area (Å²) >= 11 is 0. The second kappa shape index (κ2) is 5.56. The van der Waals surface area contributed by atoms with Gasteiger partial charge in [-0.3, -0.25) is 4.90 Å². The Balaban J connectivity index is 1.65. The molecule has 2 aliphatic rings. The molecule has 0 saturated carbocycles. The monoisotopic (exact) mass is 296 g/mol. The highest BCUT2D eigenvalue weighted by atomic mass is 16.3. The number of nitrogens with zero attached hydrogens (tertiary/aromatic N) is 2. The van der Waals surface area contributed by atoms with Crippen molar-refractivity contribution in [1.29, 1.82) is 0 Å². The maximum atomic E-state index is 5.57. The molecule has 0 atom stereocenters. The summed E-state index contributed by atoms with van der Waals surface area (Å²) < 4.78 is 5.57. The third-order valence-electron chi connectivity index (χ3n) is 5.41. The first-order chi connectivity index (χ1) is 10.8. The van der Waals surface area contributed by atoms with E-state index in [1.165, 1.54) is 31.5 Å². The molecular formula is C19H24N2O. The number of piperidine rings is 1. The lowest BCUT2D eigenvalue weighted by atomic mass is 9.69. The Labute approximate surface area is 132 Å². The van der Waals surface area contributed by atoms with Crippen LogP contribution in [0.5, 0.6) is 0 Å². The van der Waals surface area contributed by atoms with E-state index in [0.717, 1.165) is 25.4 Å². The zero-order valence-electron chi connectivity index (χ0n) is 13.3. The number of hydrogen-bond acceptors (Lipinski definition) is 3. The zero-order chi connectivity index (χ0) is 15.0. The van der Waals surface area contributed by atoms with Crippen molar-refractivity contribution in [3.05, 3.63) is 59.5 Å². The molecule has 1 spiro atoms. The first-order valence-electron chi connectivity index (χ1n) is 8.27. The molecule has 1 saturated heterocycles. The van der Waals surface area contributed by atoms with Crippen molar-refractivity contribution < 1.29 is 4.42 Å². The molecule has 1 aromatic heterocycles. The topological polar surface area (TPSA) is 19.6 Å². The van der Waals surface area contributed by atoms with Crippen LogP contribution in [0.4, 0.5) is 0 Å². The minimum atomic E-state index is 0.327. The van der Waals surface area contributed by atoms with Crippen LogP contribution in [0.25, 0.3) is 0 Å².